The highest BCUT2D eigenvalue weighted by Crippen LogP contribution is 2.33. The second kappa shape index (κ2) is 4.59. The maximum Gasteiger partial charge on any atom is 0.231 e. The van der Waals surface area contributed by atoms with E-state index < -0.39 is 0 Å². The molecule has 1 heterocycles. The lowest BCUT2D eigenvalue weighted by molar-refractivity contribution is 0.103. The molecule has 2 aromatic rings. The minimum Gasteiger partial charge on any atom is -0.454 e. The van der Waals surface area contributed by atoms with E-state index in [0.29, 0.717) is 27.6 Å². The van der Waals surface area contributed by atoms with Crippen LogP contribution in [0.1, 0.15) is 21.5 Å². The van der Waals surface area contributed by atoms with Crippen molar-refractivity contribution in [3.63, 3.8) is 0 Å². The quantitative estimate of drug-likeness (QED) is 0.785. The average molecular weight is 275 g/mol. The molecule has 0 saturated carbocycles. The van der Waals surface area contributed by atoms with Crippen molar-refractivity contribution in [3.8, 4) is 11.5 Å². The first-order valence-corrected chi connectivity index (χ1v) is 6.24. The van der Waals surface area contributed by atoms with Gasteiger partial charge in [0, 0.05) is 16.1 Å². The number of carbonyl (C=O) groups is 1. The zero-order valence-corrected chi connectivity index (χ0v) is 11.0. The lowest BCUT2D eigenvalue weighted by Crippen LogP contribution is -2.03. The van der Waals surface area contributed by atoms with Crippen LogP contribution in [0.3, 0.4) is 0 Å². The number of ether oxygens (including phenoxy) is 2. The summed E-state index contributed by atoms with van der Waals surface area (Å²) in [4.78, 5) is 12.5. The summed E-state index contributed by atoms with van der Waals surface area (Å²) >= 11 is 6.04. The van der Waals surface area contributed by atoms with Crippen LogP contribution in [-0.2, 0) is 0 Å². The van der Waals surface area contributed by atoms with E-state index >= 15 is 0 Å². The van der Waals surface area contributed by atoms with Gasteiger partial charge in [0.2, 0.25) is 6.79 Å². The van der Waals surface area contributed by atoms with Crippen molar-refractivity contribution < 1.29 is 14.3 Å². The zero-order valence-electron chi connectivity index (χ0n) is 10.3. The Labute approximate surface area is 115 Å². The van der Waals surface area contributed by atoms with Crippen LogP contribution in [0.25, 0.3) is 0 Å². The number of halogens is 1. The van der Waals surface area contributed by atoms with Gasteiger partial charge in [0.15, 0.2) is 17.3 Å². The van der Waals surface area contributed by atoms with Gasteiger partial charge in [0.25, 0.3) is 0 Å². The number of carbonyl (C=O) groups excluding carboxylic acids is 1. The van der Waals surface area contributed by atoms with E-state index in [9.17, 15) is 4.79 Å². The van der Waals surface area contributed by atoms with Crippen molar-refractivity contribution in [3.05, 3.63) is 58.1 Å². The molecule has 0 aromatic heterocycles. The molecular formula is C15H11ClO3. The highest BCUT2D eigenvalue weighted by Gasteiger charge is 2.18. The Morgan fingerprint density at radius 2 is 1.95 bits per heavy atom. The molecule has 0 aliphatic carbocycles. The molecule has 0 saturated heterocycles. The normalized spacial score (nSPS) is 12.5. The Bertz CT molecular complexity index is 664. The summed E-state index contributed by atoms with van der Waals surface area (Å²) in [5, 5.41) is 0.589. The van der Waals surface area contributed by atoms with Crippen LogP contribution >= 0.6 is 11.6 Å². The fourth-order valence-electron chi connectivity index (χ4n) is 2.05. The molecule has 0 fully saturated rings. The second-order valence-corrected chi connectivity index (χ2v) is 4.72. The Morgan fingerprint density at radius 3 is 2.79 bits per heavy atom. The van der Waals surface area contributed by atoms with Gasteiger partial charge in [0.05, 0.1) is 0 Å². The summed E-state index contributed by atoms with van der Waals surface area (Å²) in [7, 11) is 0. The minimum atomic E-state index is -0.0710. The number of fused-ring (bicyclic) bond motifs is 1. The molecule has 3 nitrogen and oxygen atoms in total. The van der Waals surface area contributed by atoms with Crippen molar-refractivity contribution in [1.29, 1.82) is 0 Å². The van der Waals surface area contributed by atoms with Crippen LogP contribution in [0.15, 0.2) is 36.4 Å². The first-order chi connectivity index (χ1) is 9.16. The lowest BCUT2D eigenvalue weighted by atomic mass is 9.99. The van der Waals surface area contributed by atoms with Crippen molar-refractivity contribution in [1.82, 2.24) is 0 Å². The summed E-state index contributed by atoms with van der Waals surface area (Å²) in [5.74, 6) is 1.20. The van der Waals surface area contributed by atoms with Crippen LogP contribution in [0, 0.1) is 6.92 Å². The standard InChI is InChI=1S/C15H11ClO3/c1-9-11(3-2-4-12(9)16)15(17)10-5-6-13-14(7-10)19-8-18-13/h2-7H,8H2,1H3. The Kier molecular flexibility index (Phi) is 2.91. The lowest BCUT2D eigenvalue weighted by Gasteiger charge is -2.07. The van der Waals surface area contributed by atoms with Gasteiger partial charge in [-0.05, 0) is 36.8 Å². The van der Waals surface area contributed by atoms with Crippen LogP contribution in [-0.4, -0.2) is 12.6 Å². The molecular weight excluding hydrogens is 264 g/mol. The van der Waals surface area contributed by atoms with E-state index in [1.807, 2.05) is 6.92 Å². The van der Waals surface area contributed by atoms with Gasteiger partial charge in [-0.1, -0.05) is 23.7 Å². The number of ketones is 1. The van der Waals surface area contributed by atoms with Crippen LogP contribution in [0.4, 0.5) is 0 Å². The van der Waals surface area contributed by atoms with Gasteiger partial charge in [-0.3, -0.25) is 4.79 Å². The molecule has 0 bridgehead atoms. The molecule has 0 spiro atoms. The van der Waals surface area contributed by atoms with Gasteiger partial charge in [-0.25, -0.2) is 0 Å². The Balaban J connectivity index is 2.02. The maximum atomic E-state index is 12.5. The fourth-order valence-corrected chi connectivity index (χ4v) is 2.22. The zero-order chi connectivity index (χ0) is 13.4. The highest BCUT2D eigenvalue weighted by molar-refractivity contribution is 6.32. The number of rotatable bonds is 2. The largest absolute Gasteiger partial charge is 0.454 e. The molecule has 1 aliphatic rings. The predicted molar refractivity (Wildman–Crippen MR) is 72.2 cm³/mol. The smallest absolute Gasteiger partial charge is 0.231 e. The molecule has 0 amide bonds. The summed E-state index contributed by atoms with van der Waals surface area (Å²) < 4.78 is 10.5. The third-order valence-electron chi connectivity index (χ3n) is 3.15. The molecule has 0 N–H and O–H groups in total. The topological polar surface area (TPSA) is 35.5 Å². The average Bonchev–Trinajstić information content (AvgIpc) is 2.88. The maximum absolute atomic E-state index is 12.5. The van der Waals surface area contributed by atoms with Gasteiger partial charge >= 0.3 is 0 Å². The first-order valence-electron chi connectivity index (χ1n) is 5.86. The number of hydrogen-bond donors (Lipinski definition) is 0. The minimum absolute atomic E-state index is 0.0710. The molecule has 96 valence electrons. The van der Waals surface area contributed by atoms with Crippen LogP contribution < -0.4 is 9.47 Å². The third kappa shape index (κ3) is 2.06. The second-order valence-electron chi connectivity index (χ2n) is 4.31. The van der Waals surface area contributed by atoms with E-state index in [4.69, 9.17) is 21.1 Å². The third-order valence-corrected chi connectivity index (χ3v) is 3.56. The first kappa shape index (κ1) is 12.1. The molecule has 3 rings (SSSR count). The van der Waals surface area contributed by atoms with Crippen LogP contribution in [0.2, 0.25) is 5.02 Å². The number of hydrogen-bond acceptors (Lipinski definition) is 3. The molecule has 19 heavy (non-hydrogen) atoms. The Morgan fingerprint density at radius 1 is 1.16 bits per heavy atom. The summed E-state index contributed by atoms with van der Waals surface area (Å²) in [6.07, 6.45) is 0. The SMILES string of the molecule is Cc1c(Cl)cccc1C(=O)c1ccc2c(c1)OCO2. The summed E-state index contributed by atoms with van der Waals surface area (Å²) in [5.41, 5.74) is 1.95. The summed E-state index contributed by atoms with van der Waals surface area (Å²) in [6.45, 7) is 2.03. The molecule has 4 heteroatoms. The molecule has 2 aromatic carbocycles. The van der Waals surface area contributed by atoms with Crippen LogP contribution in [0.5, 0.6) is 11.5 Å². The van der Waals surface area contributed by atoms with Crippen molar-refractivity contribution in [2.75, 3.05) is 6.79 Å². The van der Waals surface area contributed by atoms with Gasteiger partial charge in [-0.15, -0.1) is 0 Å². The van der Waals surface area contributed by atoms with E-state index in [1.165, 1.54) is 0 Å². The predicted octanol–water partition coefficient (Wildman–Crippen LogP) is 3.61. The van der Waals surface area contributed by atoms with E-state index in [0.717, 1.165) is 5.56 Å². The van der Waals surface area contributed by atoms with Gasteiger partial charge in [0.1, 0.15) is 0 Å². The molecule has 0 unspecified atom stereocenters. The molecule has 0 atom stereocenters. The monoisotopic (exact) mass is 274 g/mol. The highest BCUT2D eigenvalue weighted by atomic mass is 35.5. The van der Waals surface area contributed by atoms with E-state index in [1.54, 1.807) is 36.4 Å². The van der Waals surface area contributed by atoms with Crippen molar-refractivity contribution >= 4 is 17.4 Å². The number of benzene rings is 2. The van der Waals surface area contributed by atoms with Gasteiger partial charge < -0.3 is 9.47 Å². The fraction of sp³-hybridized carbons (Fsp3) is 0.133. The summed E-state index contributed by atoms with van der Waals surface area (Å²) in [6, 6.07) is 10.5. The molecule has 0 radical (unpaired) electrons. The van der Waals surface area contributed by atoms with E-state index in [2.05, 4.69) is 0 Å². The van der Waals surface area contributed by atoms with Crippen molar-refractivity contribution in [2.45, 2.75) is 6.92 Å². The molecule has 1 aliphatic heterocycles. The van der Waals surface area contributed by atoms with Crippen molar-refractivity contribution in [2.24, 2.45) is 0 Å². The van der Waals surface area contributed by atoms with E-state index in [-0.39, 0.29) is 12.6 Å². The van der Waals surface area contributed by atoms with Gasteiger partial charge in [-0.2, -0.15) is 0 Å². The Hall–Kier alpha value is -2.00.